The number of nitrogens with zero attached hydrogens (tertiary/aromatic N) is 2. The molecule has 0 saturated carbocycles. The van der Waals surface area contributed by atoms with Gasteiger partial charge in [0.25, 0.3) is 0 Å². The van der Waals surface area contributed by atoms with Crippen molar-refractivity contribution in [2.24, 2.45) is 0 Å². The first kappa shape index (κ1) is 10.7. The lowest BCUT2D eigenvalue weighted by molar-refractivity contribution is 0.476. The number of benzene rings is 1. The summed E-state index contributed by atoms with van der Waals surface area (Å²) in [6, 6.07) is 8.94. The number of nitriles is 1. The van der Waals surface area contributed by atoms with Gasteiger partial charge in [-0.1, -0.05) is 6.07 Å². The summed E-state index contributed by atoms with van der Waals surface area (Å²) in [7, 11) is 0. The Labute approximate surface area is 97.9 Å². The summed E-state index contributed by atoms with van der Waals surface area (Å²) in [5.41, 5.74) is 0.617. The highest BCUT2D eigenvalue weighted by atomic mass is 35.5. The van der Waals surface area contributed by atoms with Gasteiger partial charge in [-0.2, -0.15) is 5.26 Å². The highest BCUT2D eigenvalue weighted by Gasteiger charge is 2.14. The van der Waals surface area contributed by atoms with E-state index in [-0.39, 0.29) is 11.6 Å². The topological polar surface area (TPSA) is 56.9 Å². The minimum atomic E-state index is -0.452. The van der Waals surface area contributed by atoms with E-state index in [1.807, 2.05) is 6.07 Å². The molecule has 16 heavy (non-hydrogen) atoms. The van der Waals surface area contributed by atoms with Crippen molar-refractivity contribution in [2.75, 3.05) is 5.88 Å². The van der Waals surface area contributed by atoms with E-state index in [0.29, 0.717) is 5.69 Å². The molecular weight excluding hydrogens is 224 g/mol. The van der Waals surface area contributed by atoms with Crippen LogP contribution in [0.5, 0.6) is 5.75 Å². The number of pyridine rings is 1. The van der Waals surface area contributed by atoms with Gasteiger partial charge < -0.3 is 5.11 Å². The first-order valence-electron chi connectivity index (χ1n) is 4.79. The Morgan fingerprint density at radius 1 is 1.44 bits per heavy atom. The van der Waals surface area contributed by atoms with Gasteiger partial charge >= 0.3 is 0 Å². The van der Waals surface area contributed by atoms with Crippen LogP contribution in [0.2, 0.25) is 0 Å². The Kier molecular flexibility index (Phi) is 2.93. The number of alkyl halides is 1. The van der Waals surface area contributed by atoms with Gasteiger partial charge in [-0.3, -0.25) is 4.98 Å². The van der Waals surface area contributed by atoms with Crippen LogP contribution in [-0.4, -0.2) is 16.0 Å². The van der Waals surface area contributed by atoms with Gasteiger partial charge in [0.05, 0.1) is 11.8 Å². The number of phenolic OH excluding ortho intramolecular Hbond substituents is 1. The van der Waals surface area contributed by atoms with E-state index in [1.54, 1.807) is 24.4 Å². The molecule has 1 aromatic heterocycles. The number of hydrogen-bond donors (Lipinski definition) is 1. The second-order valence-electron chi connectivity index (χ2n) is 3.44. The second-order valence-corrected chi connectivity index (χ2v) is 3.75. The molecule has 0 fully saturated rings. The molecule has 1 aromatic carbocycles. The van der Waals surface area contributed by atoms with Gasteiger partial charge in [-0.25, -0.2) is 0 Å². The zero-order valence-corrected chi connectivity index (χ0v) is 9.15. The SMILES string of the molecule is N#CC(CCl)c1nccc2ccc(O)cc12. The molecule has 0 aliphatic carbocycles. The van der Waals surface area contributed by atoms with Crippen LogP contribution in [-0.2, 0) is 0 Å². The van der Waals surface area contributed by atoms with Crippen LogP contribution in [0.1, 0.15) is 11.6 Å². The van der Waals surface area contributed by atoms with Crippen molar-refractivity contribution in [3.8, 4) is 11.8 Å². The number of aromatic hydroxyl groups is 1. The van der Waals surface area contributed by atoms with E-state index in [0.717, 1.165) is 10.8 Å². The van der Waals surface area contributed by atoms with Gasteiger partial charge in [0.15, 0.2) is 0 Å². The van der Waals surface area contributed by atoms with E-state index < -0.39 is 5.92 Å². The smallest absolute Gasteiger partial charge is 0.116 e. The van der Waals surface area contributed by atoms with Gasteiger partial charge in [0.1, 0.15) is 11.7 Å². The first-order valence-corrected chi connectivity index (χ1v) is 5.33. The molecule has 0 bridgehead atoms. The Morgan fingerprint density at radius 2 is 2.25 bits per heavy atom. The summed E-state index contributed by atoms with van der Waals surface area (Å²) in [5, 5.41) is 20.1. The summed E-state index contributed by atoms with van der Waals surface area (Å²) in [4.78, 5) is 4.17. The number of aromatic nitrogens is 1. The van der Waals surface area contributed by atoms with Crippen molar-refractivity contribution in [3.63, 3.8) is 0 Å². The van der Waals surface area contributed by atoms with Crippen LogP contribution in [0.25, 0.3) is 10.8 Å². The number of halogens is 1. The van der Waals surface area contributed by atoms with Crippen LogP contribution < -0.4 is 0 Å². The summed E-state index contributed by atoms with van der Waals surface area (Å²) in [6.07, 6.45) is 1.64. The monoisotopic (exact) mass is 232 g/mol. The lowest BCUT2D eigenvalue weighted by Gasteiger charge is -2.08. The summed E-state index contributed by atoms with van der Waals surface area (Å²) >= 11 is 5.72. The first-order chi connectivity index (χ1) is 7.76. The molecular formula is C12H9ClN2O. The maximum Gasteiger partial charge on any atom is 0.116 e. The minimum Gasteiger partial charge on any atom is -0.508 e. The third-order valence-electron chi connectivity index (χ3n) is 2.42. The molecule has 0 spiro atoms. The zero-order valence-electron chi connectivity index (χ0n) is 8.39. The van der Waals surface area contributed by atoms with E-state index >= 15 is 0 Å². The molecule has 80 valence electrons. The molecule has 2 rings (SSSR count). The number of hydrogen-bond acceptors (Lipinski definition) is 3. The molecule has 1 unspecified atom stereocenters. The summed E-state index contributed by atoms with van der Waals surface area (Å²) in [5.74, 6) is -0.0988. The lowest BCUT2D eigenvalue weighted by Crippen LogP contribution is -2.01. The van der Waals surface area contributed by atoms with Crippen LogP contribution in [0.15, 0.2) is 30.5 Å². The predicted molar refractivity (Wildman–Crippen MR) is 62.5 cm³/mol. The van der Waals surface area contributed by atoms with Crippen LogP contribution in [0.4, 0.5) is 0 Å². The van der Waals surface area contributed by atoms with E-state index in [9.17, 15) is 5.11 Å². The molecule has 1 N–H and O–H groups in total. The van der Waals surface area contributed by atoms with Crippen LogP contribution >= 0.6 is 11.6 Å². The summed E-state index contributed by atoms with van der Waals surface area (Å²) in [6.45, 7) is 0. The highest BCUT2D eigenvalue weighted by Crippen LogP contribution is 2.27. The van der Waals surface area contributed by atoms with Crippen molar-refractivity contribution >= 4 is 22.4 Å². The molecule has 3 nitrogen and oxygen atoms in total. The molecule has 0 aliphatic heterocycles. The number of fused-ring (bicyclic) bond motifs is 1. The van der Waals surface area contributed by atoms with Crippen molar-refractivity contribution in [1.82, 2.24) is 4.98 Å². The average Bonchev–Trinajstić information content (AvgIpc) is 2.31. The van der Waals surface area contributed by atoms with Crippen molar-refractivity contribution in [1.29, 1.82) is 5.26 Å². The molecule has 0 amide bonds. The van der Waals surface area contributed by atoms with Gasteiger partial charge in [-0.15, -0.1) is 11.6 Å². The zero-order chi connectivity index (χ0) is 11.5. The molecule has 0 aliphatic rings. The van der Waals surface area contributed by atoms with Gasteiger partial charge in [0.2, 0.25) is 0 Å². The maximum absolute atomic E-state index is 9.44. The molecule has 4 heteroatoms. The fraction of sp³-hybridized carbons (Fsp3) is 0.167. The fourth-order valence-corrected chi connectivity index (χ4v) is 1.84. The third kappa shape index (κ3) is 1.80. The van der Waals surface area contributed by atoms with Crippen molar-refractivity contribution in [2.45, 2.75) is 5.92 Å². The third-order valence-corrected chi connectivity index (χ3v) is 2.73. The van der Waals surface area contributed by atoms with Crippen molar-refractivity contribution in [3.05, 3.63) is 36.2 Å². The standard InChI is InChI=1S/C12H9ClN2O/c13-6-9(7-14)12-11-5-10(16)2-1-8(11)3-4-15-12/h1-5,9,16H,6H2. The van der Waals surface area contributed by atoms with E-state index in [2.05, 4.69) is 11.1 Å². The Bertz CT molecular complexity index is 562. The molecule has 2 aromatic rings. The van der Waals surface area contributed by atoms with Crippen LogP contribution in [0, 0.1) is 11.3 Å². The van der Waals surface area contributed by atoms with Gasteiger partial charge in [-0.05, 0) is 23.6 Å². The van der Waals surface area contributed by atoms with Crippen molar-refractivity contribution < 1.29 is 5.11 Å². The molecule has 0 saturated heterocycles. The molecule has 0 radical (unpaired) electrons. The van der Waals surface area contributed by atoms with Crippen LogP contribution in [0.3, 0.4) is 0 Å². The summed E-state index contributed by atoms with van der Waals surface area (Å²) < 4.78 is 0. The normalized spacial score (nSPS) is 12.2. The quantitative estimate of drug-likeness (QED) is 0.810. The Morgan fingerprint density at radius 3 is 2.94 bits per heavy atom. The number of rotatable bonds is 2. The fourth-order valence-electron chi connectivity index (χ4n) is 1.63. The number of phenols is 1. The molecule has 1 heterocycles. The Hall–Kier alpha value is -1.79. The maximum atomic E-state index is 9.44. The van der Waals surface area contributed by atoms with E-state index in [4.69, 9.17) is 16.9 Å². The average molecular weight is 233 g/mol. The Balaban J connectivity index is 2.70. The second kappa shape index (κ2) is 4.38. The largest absolute Gasteiger partial charge is 0.508 e. The predicted octanol–water partition coefficient (Wildman–Crippen LogP) is 2.79. The minimum absolute atomic E-state index is 0.160. The lowest BCUT2D eigenvalue weighted by atomic mass is 10.0. The highest BCUT2D eigenvalue weighted by molar-refractivity contribution is 6.18. The molecule has 1 atom stereocenters. The van der Waals surface area contributed by atoms with E-state index in [1.165, 1.54) is 0 Å². The van der Waals surface area contributed by atoms with Gasteiger partial charge in [0, 0.05) is 17.5 Å².